The molecule has 2 heteroatoms. The van der Waals surface area contributed by atoms with Crippen LogP contribution in [0.5, 0.6) is 0 Å². The Morgan fingerprint density at radius 3 is 2.81 bits per heavy atom. The van der Waals surface area contributed by atoms with E-state index in [-0.39, 0.29) is 0 Å². The Balaban J connectivity index is 2.13. The fraction of sp³-hybridized carbons (Fsp3) is 0.214. The molecular formula is C14H12O2. The SMILES string of the molecule is O=C(O)C1=CCCC2=C1Cc1ccccc12. The standard InChI is InChI=1S/C14H12O2/c15-14(16)12-7-3-6-11-10-5-2-1-4-9(10)8-13(11)12/h1-2,4-5,7H,3,6,8H2,(H,15,16). The number of rotatable bonds is 1. The highest BCUT2D eigenvalue weighted by atomic mass is 16.4. The lowest BCUT2D eigenvalue weighted by Gasteiger charge is -2.13. The first kappa shape index (κ1) is 9.40. The predicted molar refractivity (Wildman–Crippen MR) is 62.0 cm³/mol. The highest BCUT2D eigenvalue weighted by molar-refractivity contribution is 5.98. The number of hydrogen-bond donors (Lipinski definition) is 1. The lowest BCUT2D eigenvalue weighted by Crippen LogP contribution is -2.07. The van der Waals surface area contributed by atoms with Crippen LogP contribution in [0, 0.1) is 0 Å². The summed E-state index contributed by atoms with van der Waals surface area (Å²) in [5.74, 6) is -0.792. The molecule has 2 aliphatic rings. The second-order valence-corrected chi connectivity index (χ2v) is 4.25. The van der Waals surface area contributed by atoms with E-state index >= 15 is 0 Å². The van der Waals surface area contributed by atoms with Gasteiger partial charge in [0.2, 0.25) is 0 Å². The minimum atomic E-state index is -0.792. The number of benzene rings is 1. The maximum absolute atomic E-state index is 11.1. The summed E-state index contributed by atoms with van der Waals surface area (Å²) in [5.41, 5.74) is 5.30. The van der Waals surface area contributed by atoms with Gasteiger partial charge in [0.1, 0.15) is 0 Å². The van der Waals surface area contributed by atoms with Crippen molar-refractivity contribution in [2.24, 2.45) is 0 Å². The molecule has 1 aromatic carbocycles. The fourth-order valence-electron chi connectivity index (χ4n) is 2.67. The van der Waals surface area contributed by atoms with Crippen LogP contribution in [0.3, 0.4) is 0 Å². The van der Waals surface area contributed by atoms with E-state index in [1.807, 2.05) is 18.2 Å². The van der Waals surface area contributed by atoms with Crippen molar-refractivity contribution in [1.29, 1.82) is 0 Å². The van der Waals surface area contributed by atoms with Gasteiger partial charge in [-0.3, -0.25) is 0 Å². The van der Waals surface area contributed by atoms with Gasteiger partial charge in [-0.25, -0.2) is 4.79 Å². The summed E-state index contributed by atoms with van der Waals surface area (Å²) in [6.07, 6.45) is 4.45. The maximum Gasteiger partial charge on any atom is 0.335 e. The zero-order chi connectivity index (χ0) is 11.1. The number of allylic oxidation sites excluding steroid dienone is 2. The molecule has 2 aliphatic carbocycles. The molecule has 0 aliphatic heterocycles. The van der Waals surface area contributed by atoms with E-state index in [1.54, 1.807) is 0 Å². The molecule has 0 spiro atoms. The second-order valence-electron chi connectivity index (χ2n) is 4.25. The molecule has 80 valence electrons. The van der Waals surface area contributed by atoms with Crippen molar-refractivity contribution >= 4 is 11.5 Å². The number of carbonyl (C=O) groups is 1. The Morgan fingerprint density at radius 2 is 2.00 bits per heavy atom. The number of hydrogen-bond acceptors (Lipinski definition) is 1. The molecule has 0 amide bonds. The summed E-state index contributed by atoms with van der Waals surface area (Å²) in [7, 11) is 0. The minimum absolute atomic E-state index is 0.512. The lowest BCUT2D eigenvalue weighted by atomic mass is 9.91. The van der Waals surface area contributed by atoms with Crippen molar-refractivity contribution in [1.82, 2.24) is 0 Å². The largest absolute Gasteiger partial charge is 0.478 e. The summed E-state index contributed by atoms with van der Waals surface area (Å²) < 4.78 is 0. The van der Waals surface area contributed by atoms with Crippen LogP contribution in [0.15, 0.2) is 41.5 Å². The quantitative estimate of drug-likeness (QED) is 0.777. The van der Waals surface area contributed by atoms with Gasteiger partial charge in [-0.2, -0.15) is 0 Å². The molecule has 1 aromatic rings. The minimum Gasteiger partial charge on any atom is -0.478 e. The highest BCUT2D eigenvalue weighted by Crippen LogP contribution is 2.41. The van der Waals surface area contributed by atoms with E-state index in [0.717, 1.165) is 24.8 Å². The van der Waals surface area contributed by atoms with Crippen molar-refractivity contribution in [2.75, 3.05) is 0 Å². The molecule has 0 heterocycles. The van der Waals surface area contributed by atoms with E-state index in [2.05, 4.69) is 12.1 Å². The van der Waals surface area contributed by atoms with Crippen LogP contribution < -0.4 is 0 Å². The number of fused-ring (bicyclic) bond motifs is 2. The molecule has 3 rings (SSSR count). The molecule has 0 saturated carbocycles. The van der Waals surface area contributed by atoms with Crippen molar-refractivity contribution in [3.8, 4) is 0 Å². The van der Waals surface area contributed by atoms with Gasteiger partial charge in [-0.15, -0.1) is 0 Å². The van der Waals surface area contributed by atoms with Crippen LogP contribution in [-0.2, 0) is 11.2 Å². The van der Waals surface area contributed by atoms with E-state index < -0.39 is 5.97 Å². The summed E-state index contributed by atoms with van der Waals surface area (Å²) in [4.78, 5) is 11.1. The third-order valence-electron chi connectivity index (χ3n) is 3.37. The predicted octanol–water partition coefficient (Wildman–Crippen LogP) is 2.80. The second kappa shape index (κ2) is 3.34. The Bertz CT molecular complexity index is 535. The van der Waals surface area contributed by atoms with Gasteiger partial charge in [0, 0.05) is 0 Å². The smallest absolute Gasteiger partial charge is 0.335 e. The number of aliphatic carboxylic acids is 1. The van der Waals surface area contributed by atoms with Crippen LogP contribution in [0.4, 0.5) is 0 Å². The van der Waals surface area contributed by atoms with Crippen LogP contribution in [-0.4, -0.2) is 11.1 Å². The lowest BCUT2D eigenvalue weighted by molar-refractivity contribution is -0.132. The topological polar surface area (TPSA) is 37.3 Å². The first-order valence-electron chi connectivity index (χ1n) is 5.51. The van der Waals surface area contributed by atoms with Gasteiger partial charge in [-0.05, 0) is 41.5 Å². The zero-order valence-corrected chi connectivity index (χ0v) is 8.86. The van der Waals surface area contributed by atoms with Gasteiger partial charge >= 0.3 is 5.97 Å². The Morgan fingerprint density at radius 1 is 1.19 bits per heavy atom. The van der Waals surface area contributed by atoms with E-state index in [4.69, 9.17) is 5.11 Å². The third kappa shape index (κ3) is 1.23. The van der Waals surface area contributed by atoms with Crippen LogP contribution in [0.1, 0.15) is 24.0 Å². The molecular weight excluding hydrogens is 200 g/mol. The Labute approximate surface area is 93.9 Å². The molecule has 1 N–H and O–H groups in total. The first-order valence-corrected chi connectivity index (χ1v) is 5.51. The van der Waals surface area contributed by atoms with Gasteiger partial charge in [0.05, 0.1) is 5.57 Å². The van der Waals surface area contributed by atoms with E-state index in [0.29, 0.717) is 5.57 Å². The highest BCUT2D eigenvalue weighted by Gasteiger charge is 2.28. The number of carboxylic acids is 1. The van der Waals surface area contributed by atoms with Gasteiger partial charge < -0.3 is 5.11 Å². The first-order chi connectivity index (χ1) is 7.77. The molecule has 0 atom stereocenters. The van der Waals surface area contributed by atoms with E-state index in [1.165, 1.54) is 16.7 Å². The van der Waals surface area contributed by atoms with Crippen molar-refractivity contribution in [3.63, 3.8) is 0 Å². The fourth-order valence-corrected chi connectivity index (χ4v) is 2.67. The van der Waals surface area contributed by atoms with Crippen LogP contribution in [0.25, 0.3) is 5.57 Å². The van der Waals surface area contributed by atoms with Crippen molar-refractivity contribution in [2.45, 2.75) is 19.3 Å². The third-order valence-corrected chi connectivity index (χ3v) is 3.37. The molecule has 0 radical (unpaired) electrons. The van der Waals surface area contributed by atoms with E-state index in [9.17, 15) is 4.79 Å². The summed E-state index contributed by atoms with van der Waals surface area (Å²) in [5, 5.41) is 9.16. The van der Waals surface area contributed by atoms with Crippen LogP contribution >= 0.6 is 0 Å². The summed E-state index contributed by atoms with van der Waals surface area (Å²) >= 11 is 0. The molecule has 0 unspecified atom stereocenters. The zero-order valence-electron chi connectivity index (χ0n) is 8.86. The molecule has 0 bridgehead atoms. The molecule has 0 saturated heterocycles. The average Bonchev–Trinajstić information content (AvgIpc) is 2.67. The monoisotopic (exact) mass is 212 g/mol. The molecule has 16 heavy (non-hydrogen) atoms. The maximum atomic E-state index is 11.1. The molecule has 0 fully saturated rings. The summed E-state index contributed by atoms with van der Waals surface area (Å²) in [6, 6.07) is 8.23. The van der Waals surface area contributed by atoms with Crippen LogP contribution in [0.2, 0.25) is 0 Å². The number of carboxylic acid groups (broad SMARTS) is 1. The normalized spacial score (nSPS) is 17.9. The molecule has 2 nitrogen and oxygen atoms in total. The van der Waals surface area contributed by atoms with Gasteiger partial charge in [0.25, 0.3) is 0 Å². The van der Waals surface area contributed by atoms with Gasteiger partial charge in [0.15, 0.2) is 0 Å². The van der Waals surface area contributed by atoms with Gasteiger partial charge in [-0.1, -0.05) is 30.3 Å². The molecule has 0 aromatic heterocycles. The van der Waals surface area contributed by atoms with Crippen molar-refractivity contribution < 1.29 is 9.90 Å². The summed E-state index contributed by atoms with van der Waals surface area (Å²) in [6.45, 7) is 0. The van der Waals surface area contributed by atoms with Crippen molar-refractivity contribution in [3.05, 3.63) is 52.6 Å². The Hall–Kier alpha value is -1.83. The average molecular weight is 212 g/mol. The Kier molecular flexibility index (Phi) is 1.96.